The molecule has 1 heterocycles. The summed E-state index contributed by atoms with van der Waals surface area (Å²) in [4.78, 5) is 2.96. The molecule has 0 radical (unpaired) electrons. The molecule has 0 spiro atoms. The minimum Gasteiger partial charge on any atom is -0.286 e. The number of rotatable bonds is 5. The molecule has 0 bridgehead atoms. The Bertz CT molecular complexity index is 408. The Morgan fingerprint density at radius 3 is 2.93 bits per heavy atom. The molecule has 14 heavy (non-hydrogen) atoms. The van der Waals surface area contributed by atoms with Crippen LogP contribution in [0, 0.1) is 0 Å². The predicted octanol–water partition coefficient (Wildman–Crippen LogP) is 0.223. The van der Waals surface area contributed by atoms with Gasteiger partial charge in [0.25, 0.3) is 15.9 Å². The van der Waals surface area contributed by atoms with Gasteiger partial charge in [-0.25, -0.2) is 9.55 Å². The summed E-state index contributed by atoms with van der Waals surface area (Å²) in [6.45, 7) is 3.60. The van der Waals surface area contributed by atoms with E-state index in [4.69, 9.17) is 4.55 Å². The van der Waals surface area contributed by atoms with Gasteiger partial charge in [-0.15, -0.1) is 0 Å². The summed E-state index contributed by atoms with van der Waals surface area (Å²) in [5.74, 6) is 0.645. The molecule has 0 saturated heterocycles. The number of hydrogen-bond acceptors (Lipinski definition) is 2. The Labute approximate surface area is 82.8 Å². The van der Waals surface area contributed by atoms with Crippen LogP contribution in [0.25, 0.3) is 6.20 Å². The fraction of sp³-hybridized carbons (Fsp3) is 0.375. The van der Waals surface area contributed by atoms with Crippen molar-refractivity contribution in [2.75, 3.05) is 5.75 Å². The van der Waals surface area contributed by atoms with E-state index < -0.39 is 10.1 Å². The molecular formula is C8H13N2O3S+. The highest BCUT2D eigenvalue weighted by molar-refractivity contribution is 7.85. The number of aryl methyl sites for hydroxylation is 1. The first-order valence-corrected chi connectivity index (χ1v) is 5.79. The molecule has 1 aromatic heterocycles. The molecule has 2 N–H and O–H groups in total. The van der Waals surface area contributed by atoms with Crippen LogP contribution in [0.5, 0.6) is 0 Å². The van der Waals surface area contributed by atoms with Gasteiger partial charge in [-0.2, -0.15) is 8.42 Å². The van der Waals surface area contributed by atoms with Gasteiger partial charge in [0.05, 0.1) is 18.4 Å². The zero-order valence-corrected chi connectivity index (χ0v) is 8.50. The van der Waals surface area contributed by atoms with E-state index in [1.165, 1.54) is 0 Å². The van der Waals surface area contributed by atoms with Crippen LogP contribution in [0.1, 0.15) is 12.2 Å². The Balaban J connectivity index is 2.50. The quantitative estimate of drug-likeness (QED) is 0.547. The van der Waals surface area contributed by atoms with Crippen molar-refractivity contribution >= 4 is 16.3 Å². The second-order valence-corrected chi connectivity index (χ2v) is 4.46. The van der Waals surface area contributed by atoms with E-state index >= 15 is 0 Å². The molecule has 1 rings (SSSR count). The molecule has 5 nitrogen and oxygen atoms in total. The van der Waals surface area contributed by atoms with Gasteiger partial charge in [0, 0.05) is 0 Å². The van der Waals surface area contributed by atoms with Gasteiger partial charge in [0.15, 0.2) is 0 Å². The number of aromatic amines is 1. The van der Waals surface area contributed by atoms with Crippen molar-refractivity contribution in [1.29, 1.82) is 0 Å². The van der Waals surface area contributed by atoms with Crippen molar-refractivity contribution in [3.8, 4) is 0 Å². The first kappa shape index (κ1) is 10.9. The van der Waals surface area contributed by atoms with Gasteiger partial charge in [0.2, 0.25) is 0 Å². The van der Waals surface area contributed by atoms with E-state index in [-0.39, 0.29) is 5.75 Å². The standard InChI is InChI=1S/C8H12N2O3S/c1-2-10-6-5-9-8(10)4-3-7-14(11,12)13/h2,5-6H,1,3-4,7H2,(H,11,12,13)/p+1. The van der Waals surface area contributed by atoms with E-state index in [0.717, 1.165) is 5.82 Å². The maximum Gasteiger partial charge on any atom is 0.264 e. The molecule has 78 valence electrons. The average Bonchev–Trinajstić information content (AvgIpc) is 2.49. The van der Waals surface area contributed by atoms with Crippen LogP contribution in [-0.2, 0) is 16.5 Å². The van der Waals surface area contributed by atoms with Gasteiger partial charge < -0.3 is 0 Å². The molecule has 1 aromatic rings. The largest absolute Gasteiger partial charge is 0.286 e. The second kappa shape index (κ2) is 4.39. The molecule has 0 aliphatic heterocycles. The van der Waals surface area contributed by atoms with Crippen molar-refractivity contribution < 1.29 is 17.5 Å². The third-order valence-electron chi connectivity index (χ3n) is 1.81. The monoisotopic (exact) mass is 217 g/mol. The molecular weight excluding hydrogens is 204 g/mol. The Kier molecular flexibility index (Phi) is 3.43. The number of aromatic nitrogens is 2. The zero-order valence-electron chi connectivity index (χ0n) is 7.68. The van der Waals surface area contributed by atoms with Crippen molar-refractivity contribution in [1.82, 2.24) is 4.98 Å². The molecule has 0 amide bonds. The highest BCUT2D eigenvalue weighted by Gasteiger charge is 2.10. The van der Waals surface area contributed by atoms with E-state index in [1.54, 1.807) is 23.2 Å². The number of nitrogens with one attached hydrogen (secondary N) is 1. The molecule has 0 fully saturated rings. The van der Waals surface area contributed by atoms with Crippen LogP contribution < -0.4 is 4.57 Å². The number of H-pyrrole nitrogens is 1. The van der Waals surface area contributed by atoms with Crippen molar-refractivity contribution in [2.45, 2.75) is 12.8 Å². The van der Waals surface area contributed by atoms with Crippen LogP contribution in [0.3, 0.4) is 0 Å². The SMILES string of the molecule is C=C[n+]1cc[nH]c1CCCS(=O)(=O)O. The van der Waals surface area contributed by atoms with Crippen LogP contribution in [0.15, 0.2) is 19.0 Å². The van der Waals surface area contributed by atoms with Gasteiger partial charge >= 0.3 is 0 Å². The van der Waals surface area contributed by atoms with Gasteiger partial charge in [-0.05, 0) is 6.42 Å². The lowest BCUT2D eigenvalue weighted by molar-refractivity contribution is -0.575. The summed E-state index contributed by atoms with van der Waals surface area (Å²) in [5.41, 5.74) is 0. The summed E-state index contributed by atoms with van der Waals surface area (Å²) in [7, 11) is -3.85. The van der Waals surface area contributed by atoms with Gasteiger partial charge in [-0.3, -0.25) is 4.55 Å². The summed E-state index contributed by atoms with van der Waals surface area (Å²) in [5, 5.41) is 0. The Hall–Kier alpha value is -1.14. The summed E-state index contributed by atoms with van der Waals surface area (Å²) in [6.07, 6.45) is 6.09. The lowest BCUT2D eigenvalue weighted by Crippen LogP contribution is -2.28. The van der Waals surface area contributed by atoms with Crippen molar-refractivity contribution in [3.63, 3.8) is 0 Å². The zero-order chi connectivity index (χ0) is 10.6. The second-order valence-electron chi connectivity index (χ2n) is 2.89. The number of nitrogens with zero attached hydrogens (tertiary/aromatic N) is 1. The van der Waals surface area contributed by atoms with Gasteiger partial charge in [-0.1, -0.05) is 6.58 Å². The lowest BCUT2D eigenvalue weighted by atomic mass is 10.3. The van der Waals surface area contributed by atoms with E-state index in [9.17, 15) is 8.42 Å². The maximum absolute atomic E-state index is 10.4. The highest BCUT2D eigenvalue weighted by Crippen LogP contribution is 1.96. The molecule has 0 saturated carbocycles. The minimum absolute atomic E-state index is 0.219. The first-order valence-electron chi connectivity index (χ1n) is 4.18. The van der Waals surface area contributed by atoms with Crippen LogP contribution in [0.4, 0.5) is 0 Å². The fourth-order valence-corrected chi connectivity index (χ4v) is 1.68. The number of imidazole rings is 1. The van der Waals surface area contributed by atoms with Crippen LogP contribution in [0.2, 0.25) is 0 Å². The number of hydrogen-bond donors (Lipinski definition) is 2. The topological polar surface area (TPSA) is 74.0 Å². The van der Waals surface area contributed by atoms with E-state index in [2.05, 4.69) is 11.6 Å². The van der Waals surface area contributed by atoms with Crippen molar-refractivity contribution in [3.05, 3.63) is 24.8 Å². The summed E-state index contributed by atoms with van der Waals surface area (Å²) in [6, 6.07) is 0. The van der Waals surface area contributed by atoms with E-state index in [1.807, 2.05) is 0 Å². The van der Waals surface area contributed by atoms with Gasteiger partial charge in [0.1, 0.15) is 12.4 Å². The third kappa shape index (κ3) is 3.31. The summed E-state index contributed by atoms with van der Waals surface area (Å²) < 4.78 is 31.1. The summed E-state index contributed by atoms with van der Waals surface area (Å²) >= 11 is 0. The van der Waals surface area contributed by atoms with Crippen LogP contribution in [-0.4, -0.2) is 23.7 Å². The molecule has 0 atom stereocenters. The average molecular weight is 217 g/mol. The Morgan fingerprint density at radius 2 is 2.36 bits per heavy atom. The minimum atomic E-state index is -3.85. The predicted molar refractivity (Wildman–Crippen MR) is 52.1 cm³/mol. The highest BCUT2D eigenvalue weighted by atomic mass is 32.2. The van der Waals surface area contributed by atoms with E-state index in [0.29, 0.717) is 12.8 Å². The lowest BCUT2D eigenvalue weighted by Gasteiger charge is -1.95. The first-order chi connectivity index (χ1) is 6.53. The van der Waals surface area contributed by atoms with Crippen molar-refractivity contribution in [2.24, 2.45) is 0 Å². The molecule has 0 aromatic carbocycles. The Morgan fingerprint density at radius 1 is 1.64 bits per heavy atom. The molecule has 6 heteroatoms. The molecule has 0 aliphatic carbocycles. The normalized spacial score (nSPS) is 11.5. The smallest absolute Gasteiger partial charge is 0.264 e. The maximum atomic E-state index is 10.4. The van der Waals surface area contributed by atoms with Crippen LogP contribution >= 0.6 is 0 Å². The fourth-order valence-electron chi connectivity index (χ4n) is 1.17. The third-order valence-corrected chi connectivity index (χ3v) is 2.61. The molecule has 0 unspecified atom stereocenters. The molecule has 0 aliphatic rings.